The van der Waals surface area contributed by atoms with Gasteiger partial charge in [-0.05, 0) is 25.7 Å². The Hall–Kier alpha value is -1.21. The van der Waals surface area contributed by atoms with Gasteiger partial charge in [0.1, 0.15) is 10.7 Å². The minimum Gasteiger partial charge on any atom is -0.299 e. The molecule has 1 aromatic rings. The molecule has 0 spiro atoms. The van der Waals surface area contributed by atoms with Gasteiger partial charge in [-0.1, -0.05) is 6.42 Å². The van der Waals surface area contributed by atoms with Gasteiger partial charge in [0.25, 0.3) is 0 Å². The molecule has 1 N–H and O–H groups in total. The van der Waals surface area contributed by atoms with Crippen molar-refractivity contribution in [1.82, 2.24) is 14.5 Å². The summed E-state index contributed by atoms with van der Waals surface area (Å²) < 4.78 is 26.9. The van der Waals surface area contributed by atoms with Crippen LogP contribution in [0.25, 0.3) is 0 Å². The van der Waals surface area contributed by atoms with Crippen molar-refractivity contribution in [2.24, 2.45) is 5.92 Å². The number of aromatic nitrogens is 2. The van der Waals surface area contributed by atoms with Crippen LogP contribution in [0.15, 0.2) is 17.3 Å². The third-order valence-electron chi connectivity index (χ3n) is 4.39. The number of hydrogen-bond acceptors (Lipinski definition) is 4. The normalized spacial score (nSPS) is 28.9. The summed E-state index contributed by atoms with van der Waals surface area (Å²) in [6, 6.07) is -0.168. The lowest BCUT2D eigenvalue weighted by atomic mass is 9.90. The molecule has 2 fully saturated rings. The smallest absolute Gasteiger partial charge is 0.246 e. The van der Waals surface area contributed by atoms with E-state index in [-0.39, 0.29) is 22.6 Å². The molecule has 20 heavy (non-hydrogen) atoms. The molecule has 0 bridgehead atoms. The van der Waals surface area contributed by atoms with Crippen molar-refractivity contribution in [1.29, 1.82) is 0 Å². The summed E-state index contributed by atoms with van der Waals surface area (Å²) in [6.07, 6.45) is 7.67. The maximum atomic E-state index is 12.7. The molecule has 0 aromatic carbocycles. The van der Waals surface area contributed by atoms with Crippen molar-refractivity contribution in [2.45, 2.75) is 49.5 Å². The molecule has 0 radical (unpaired) electrons. The van der Waals surface area contributed by atoms with Gasteiger partial charge in [-0.3, -0.25) is 9.89 Å². The number of Topliss-reactive ketones (excluding diaryl/α,β-unsaturated/α-hetero) is 1. The van der Waals surface area contributed by atoms with Crippen molar-refractivity contribution in [2.75, 3.05) is 6.54 Å². The van der Waals surface area contributed by atoms with Gasteiger partial charge in [0.15, 0.2) is 0 Å². The van der Waals surface area contributed by atoms with Crippen LogP contribution in [0.3, 0.4) is 0 Å². The highest BCUT2D eigenvalue weighted by Crippen LogP contribution is 2.35. The number of hydrogen-bond donors (Lipinski definition) is 1. The number of H-pyrrole nitrogens is 1. The number of ketones is 1. The van der Waals surface area contributed by atoms with Crippen LogP contribution in [0.1, 0.15) is 38.5 Å². The summed E-state index contributed by atoms with van der Waals surface area (Å²) in [5.74, 6) is 0.112. The van der Waals surface area contributed by atoms with Gasteiger partial charge in [0.05, 0.1) is 6.20 Å². The van der Waals surface area contributed by atoms with Crippen LogP contribution >= 0.6 is 0 Å². The second kappa shape index (κ2) is 5.29. The maximum Gasteiger partial charge on any atom is 0.246 e. The average molecular weight is 297 g/mol. The van der Waals surface area contributed by atoms with Crippen LogP contribution in [0, 0.1) is 5.92 Å². The second-order valence-electron chi connectivity index (χ2n) is 5.58. The molecular weight excluding hydrogens is 278 g/mol. The third kappa shape index (κ3) is 2.29. The molecule has 3 rings (SSSR count). The van der Waals surface area contributed by atoms with E-state index < -0.39 is 10.0 Å². The summed E-state index contributed by atoms with van der Waals surface area (Å²) in [6.45, 7) is 0.502. The van der Waals surface area contributed by atoms with Crippen molar-refractivity contribution >= 4 is 15.8 Å². The fourth-order valence-electron chi connectivity index (χ4n) is 3.40. The Labute approximate surface area is 118 Å². The topological polar surface area (TPSA) is 83.1 Å². The van der Waals surface area contributed by atoms with Crippen molar-refractivity contribution in [3.05, 3.63) is 12.4 Å². The Morgan fingerprint density at radius 3 is 2.75 bits per heavy atom. The molecule has 0 amide bonds. The van der Waals surface area contributed by atoms with Gasteiger partial charge >= 0.3 is 0 Å². The molecular formula is C13H19N3O3S. The lowest BCUT2D eigenvalue weighted by Gasteiger charge is -2.37. The Bertz CT molecular complexity index is 582. The number of aromatic amines is 1. The monoisotopic (exact) mass is 297 g/mol. The van der Waals surface area contributed by atoms with Gasteiger partial charge in [-0.2, -0.15) is 9.40 Å². The summed E-state index contributed by atoms with van der Waals surface area (Å²) in [7, 11) is -3.54. The Kier molecular flexibility index (Phi) is 3.64. The quantitative estimate of drug-likeness (QED) is 0.912. The zero-order chi connectivity index (χ0) is 14.2. The highest BCUT2D eigenvalue weighted by atomic mass is 32.2. The Morgan fingerprint density at radius 2 is 2.10 bits per heavy atom. The van der Waals surface area contributed by atoms with Crippen LogP contribution < -0.4 is 0 Å². The second-order valence-corrected chi connectivity index (χ2v) is 7.47. The summed E-state index contributed by atoms with van der Waals surface area (Å²) in [5, 5.41) is 6.27. The molecule has 6 nitrogen and oxygen atoms in total. The highest BCUT2D eigenvalue weighted by Gasteiger charge is 2.42. The zero-order valence-corrected chi connectivity index (χ0v) is 12.1. The van der Waals surface area contributed by atoms with E-state index in [1.54, 1.807) is 0 Å². The van der Waals surface area contributed by atoms with E-state index in [9.17, 15) is 13.2 Å². The fourth-order valence-corrected chi connectivity index (χ4v) is 5.03. The Balaban J connectivity index is 1.91. The van der Waals surface area contributed by atoms with Crippen molar-refractivity contribution in [3.63, 3.8) is 0 Å². The number of nitrogens with zero attached hydrogens (tertiary/aromatic N) is 2. The minimum absolute atomic E-state index is 0.114. The predicted octanol–water partition coefficient (Wildman–Crippen LogP) is 1.32. The first kappa shape index (κ1) is 13.8. The molecule has 1 aliphatic carbocycles. The number of rotatable bonds is 3. The molecule has 2 atom stereocenters. The summed E-state index contributed by atoms with van der Waals surface area (Å²) >= 11 is 0. The molecule has 2 unspecified atom stereocenters. The number of piperidine rings is 1. The number of nitrogens with one attached hydrogen (secondary N) is 1. The standard InChI is InChI=1S/C13H19N3O3S/c17-13-6-3-4-11(13)12-5-1-2-7-16(12)20(18,19)10-8-14-15-9-10/h8-9,11-12H,1-7H2,(H,14,15). The van der Waals surface area contributed by atoms with E-state index in [2.05, 4.69) is 10.2 Å². The number of carbonyl (C=O) groups is 1. The van der Waals surface area contributed by atoms with Gasteiger partial charge in [0, 0.05) is 31.1 Å². The molecule has 2 heterocycles. The van der Waals surface area contributed by atoms with Gasteiger partial charge in [-0.25, -0.2) is 8.42 Å². The number of carbonyl (C=O) groups excluding carboxylic acids is 1. The molecule has 1 saturated heterocycles. The van der Waals surface area contributed by atoms with E-state index >= 15 is 0 Å². The van der Waals surface area contributed by atoms with Crippen LogP contribution in [-0.4, -0.2) is 41.3 Å². The number of sulfonamides is 1. The summed E-state index contributed by atoms with van der Waals surface area (Å²) in [4.78, 5) is 12.2. The van der Waals surface area contributed by atoms with Crippen molar-refractivity contribution < 1.29 is 13.2 Å². The Morgan fingerprint density at radius 1 is 1.25 bits per heavy atom. The predicted molar refractivity (Wildman–Crippen MR) is 72.5 cm³/mol. The molecule has 1 aromatic heterocycles. The lowest BCUT2D eigenvalue weighted by molar-refractivity contribution is -0.122. The van der Waals surface area contributed by atoms with Crippen LogP contribution in [0.2, 0.25) is 0 Å². The SMILES string of the molecule is O=C1CCCC1C1CCCCN1S(=O)(=O)c1cn[nH]c1. The van der Waals surface area contributed by atoms with Gasteiger partial charge in [-0.15, -0.1) is 0 Å². The molecule has 110 valence electrons. The molecule has 2 aliphatic rings. The van der Waals surface area contributed by atoms with Gasteiger partial charge in [0.2, 0.25) is 10.0 Å². The van der Waals surface area contributed by atoms with Crippen LogP contribution in [-0.2, 0) is 14.8 Å². The average Bonchev–Trinajstić information content (AvgIpc) is 3.10. The van der Waals surface area contributed by atoms with Crippen molar-refractivity contribution in [3.8, 4) is 0 Å². The third-order valence-corrected chi connectivity index (χ3v) is 6.28. The van der Waals surface area contributed by atoms with E-state index in [1.807, 2.05) is 0 Å². The van der Waals surface area contributed by atoms with E-state index in [0.717, 1.165) is 32.1 Å². The first-order valence-corrected chi connectivity index (χ1v) is 8.58. The van der Waals surface area contributed by atoms with E-state index in [0.29, 0.717) is 13.0 Å². The van der Waals surface area contributed by atoms with Crippen LogP contribution in [0.5, 0.6) is 0 Å². The fraction of sp³-hybridized carbons (Fsp3) is 0.692. The van der Waals surface area contributed by atoms with Crippen LogP contribution in [0.4, 0.5) is 0 Å². The van der Waals surface area contributed by atoms with Gasteiger partial charge < -0.3 is 0 Å². The molecule has 1 aliphatic heterocycles. The first-order chi connectivity index (χ1) is 9.60. The molecule has 7 heteroatoms. The zero-order valence-electron chi connectivity index (χ0n) is 11.3. The van der Waals surface area contributed by atoms with E-state index in [1.165, 1.54) is 16.7 Å². The minimum atomic E-state index is -3.54. The molecule has 1 saturated carbocycles. The summed E-state index contributed by atoms with van der Waals surface area (Å²) in [5.41, 5.74) is 0. The lowest BCUT2D eigenvalue weighted by Crippen LogP contribution is -2.48. The highest BCUT2D eigenvalue weighted by molar-refractivity contribution is 7.89. The largest absolute Gasteiger partial charge is 0.299 e. The maximum absolute atomic E-state index is 12.7. The van der Waals surface area contributed by atoms with E-state index in [4.69, 9.17) is 0 Å². The first-order valence-electron chi connectivity index (χ1n) is 7.14.